The molecular weight excluding hydrogens is 486 g/mol. The summed E-state index contributed by atoms with van der Waals surface area (Å²) in [5.41, 5.74) is 0. The molecule has 0 heterocycles. The van der Waals surface area contributed by atoms with Gasteiger partial charge in [-0.25, -0.2) is 0 Å². The van der Waals surface area contributed by atoms with Crippen LogP contribution in [0.1, 0.15) is 162 Å². The van der Waals surface area contributed by atoms with Crippen molar-refractivity contribution in [2.24, 2.45) is 0 Å². The van der Waals surface area contributed by atoms with E-state index in [2.05, 4.69) is 31.3 Å². The Labute approximate surface area is 241 Å². The second-order valence-corrected chi connectivity index (χ2v) is 11.4. The van der Waals surface area contributed by atoms with Gasteiger partial charge in [0.15, 0.2) is 0 Å². The fraction of sp³-hybridized carbons (Fsp3) is 0.853. The molecule has 3 atom stereocenters. The number of unbranched alkanes of at least 4 members (excludes halogenated alkanes) is 19. The van der Waals surface area contributed by atoms with Crippen molar-refractivity contribution in [3.8, 4) is 0 Å². The minimum atomic E-state index is -1.10. The summed E-state index contributed by atoms with van der Waals surface area (Å²) in [6.45, 7) is 4.13. The van der Waals surface area contributed by atoms with Gasteiger partial charge in [0.1, 0.15) is 6.10 Å². The maximum Gasteiger partial charge on any atom is 0.249 e. The third kappa shape index (κ3) is 25.5. The predicted octanol–water partition coefficient (Wildman–Crippen LogP) is 8.31. The van der Waals surface area contributed by atoms with Gasteiger partial charge in [0.2, 0.25) is 5.91 Å². The molecule has 0 aliphatic rings. The van der Waals surface area contributed by atoms with Crippen LogP contribution in [0.15, 0.2) is 24.3 Å². The van der Waals surface area contributed by atoms with Gasteiger partial charge in [-0.1, -0.05) is 141 Å². The van der Waals surface area contributed by atoms with E-state index in [1.165, 1.54) is 96.3 Å². The first-order valence-electron chi connectivity index (χ1n) is 16.7. The lowest BCUT2D eigenvalue weighted by atomic mass is 10.1. The summed E-state index contributed by atoms with van der Waals surface area (Å²) in [5, 5.41) is 32.8. The molecule has 0 saturated heterocycles. The smallest absolute Gasteiger partial charge is 0.249 e. The van der Waals surface area contributed by atoms with E-state index in [1.54, 1.807) is 6.08 Å². The van der Waals surface area contributed by atoms with Crippen LogP contribution in [0, 0.1) is 0 Å². The number of rotatable bonds is 29. The Morgan fingerprint density at radius 2 is 1.03 bits per heavy atom. The Morgan fingerprint density at radius 3 is 1.49 bits per heavy atom. The van der Waals surface area contributed by atoms with Gasteiger partial charge in [-0.15, -0.1) is 0 Å². The molecule has 230 valence electrons. The van der Waals surface area contributed by atoms with Crippen LogP contribution in [-0.2, 0) is 4.79 Å². The van der Waals surface area contributed by atoms with E-state index in [-0.39, 0.29) is 6.61 Å². The first kappa shape index (κ1) is 37.8. The van der Waals surface area contributed by atoms with Crippen molar-refractivity contribution in [3.63, 3.8) is 0 Å². The quantitative estimate of drug-likeness (QED) is 0.0556. The second kappa shape index (κ2) is 29.8. The average Bonchev–Trinajstić information content (AvgIpc) is 2.94. The lowest BCUT2D eigenvalue weighted by Crippen LogP contribution is -2.48. The Hall–Kier alpha value is -1.17. The lowest BCUT2D eigenvalue weighted by molar-refractivity contribution is -0.131. The van der Waals surface area contributed by atoms with Crippen LogP contribution in [0.4, 0.5) is 0 Å². The third-order valence-electron chi connectivity index (χ3n) is 7.54. The molecule has 1 unspecified atom stereocenters. The van der Waals surface area contributed by atoms with Gasteiger partial charge in [-0.3, -0.25) is 4.79 Å². The number of allylic oxidation sites excluding steroid dienone is 3. The average molecular weight is 552 g/mol. The molecule has 0 spiro atoms. The number of aliphatic hydroxyl groups is 3. The van der Waals surface area contributed by atoms with Crippen molar-refractivity contribution in [3.05, 3.63) is 24.3 Å². The standard InChI is InChI=1S/C34H65NO4/c1-3-5-7-9-11-13-15-16-17-19-21-23-25-27-29-33(38)34(39)35-31(30-36)32(37)28-26-24-22-20-18-14-12-10-8-6-4-2/h16-17,26,28,31-33,36-38H,3-15,18-25,27,29-30H2,1-2H3,(H,35,39)/b17-16-,28-26+/t31-,32+,33?/m0/s1. The Kier molecular flexibility index (Phi) is 28.9. The highest BCUT2D eigenvalue weighted by molar-refractivity contribution is 5.80. The molecule has 0 fully saturated rings. The SMILES string of the molecule is CCCCCCCC/C=C\CCCCCCC(O)C(=O)N[C@@H](CO)[C@H](O)/C=C/CCCCCCCCCCC. The Balaban J connectivity index is 3.82. The topological polar surface area (TPSA) is 89.8 Å². The Morgan fingerprint density at radius 1 is 0.615 bits per heavy atom. The molecule has 0 radical (unpaired) electrons. The molecule has 5 nitrogen and oxygen atoms in total. The van der Waals surface area contributed by atoms with Crippen molar-refractivity contribution in [1.29, 1.82) is 0 Å². The van der Waals surface area contributed by atoms with Gasteiger partial charge in [0, 0.05) is 0 Å². The molecule has 0 aliphatic heterocycles. The highest BCUT2D eigenvalue weighted by atomic mass is 16.3. The molecular formula is C34H65NO4. The molecule has 0 aliphatic carbocycles. The molecule has 5 heteroatoms. The summed E-state index contributed by atoms with van der Waals surface area (Å²) < 4.78 is 0. The van der Waals surface area contributed by atoms with Crippen molar-refractivity contribution < 1.29 is 20.1 Å². The summed E-state index contributed by atoms with van der Waals surface area (Å²) in [6, 6.07) is -0.797. The fourth-order valence-electron chi connectivity index (χ4n) is 4.82. The minimum Gasteiger partial charge on any atom is -0.394 e. The highest BCUT2D eigenvalue weighted by Crippen LogP contribution is 2.12. The molecule has 39 heavy (non-hydrogen) atoms. The Bertz CT molecular complexity index is 578. The van der Waals surface area contributed by atoms with Crippen LogP contribution in [0.2, 0.25) is 0 Å². The molecule has 0 aromatic heterocycles. The van der Waals surface area contributed by atoms with Crippen molar-refractivity contribution in [1.82, 2.24) is 5.32 Å². The molecule has 0 aromatic rings. The van der Waals surface area contributed by atoms with Gasteiger partial charge >= 0.3 is 0 Å². The molecule has 1 amide bonds. The number of aliphatic hydroxyl groups excluding tert-OH is 3. The van der Waals surface area contributed by atoms with Gasteiger partial charge in [0.05, 0.1) is 18.8 Å². The van der Waals surface area contributed by atoms with Crippen LogP contribution in [0.5, 0.6) is 0 Å². The summed E-state index contributed by atoms with van der Waals surface area (Å²) in [4.78, 5) is 12.3. The van der Waals surface area contributed by atoms with Crippen LogP contribution in [0.25, 0.3) is 0 Å². The van der Waals surface area contributed by atoms with Gasteiger partial charge in [-0.2, -0.15) is 0 Å². The minimum absolute atomic E-state index is 0.367. The normalized spacial score (nSPS) is 14.3. The first-order valence-corrected chi connectivity index (χ1v) is 16.7. The van der Waals surface area contributed by atoms with Crippen LogP contribution < -0.4 is 5.32 Å². The van der Waals surface area contributed by atoms with E-state index in [1.807, 2.05) is 6.08 Å². The van der Waals surface area contributed by atoms with E-state index < -0.39 is 24.2 Å². The van der Waals surface area contributed by atoms with E-state index in [4.69, 9.17) is 0 Å². The van der Waals surface area contributed by atoms with E-state index in [0.29, 0.717) is 6.42 Å². The molecule has 0 saturated carbocycles. The molecule has 0 aromatic carbocycles. The fourth-order valence-corrected chi connectivity index (χ4v) is 4.82. The van der Waals surface area contributed by atoms with Crippen LogP contribution in [-0.4, -0.2) is 46.1 Å². The highest BCUT2D eigenvalue weighted by Gasteiger charge is 2.22. The van der Waals surface area contributed by atoms with E-state index >= 15 is 0 Å². The predicted molar refractivity (Wildman–Crippen MR) is 167 cm³/mol. The number of carbonyl (C=O) groups is 1. The number of hydrogen-bond donors (Lipinski definition) is 4. The van der Waals surface area contributed by atoms with Crippen molar-refractivity contribution in [2.75, 3.05) is 6.61 Å². The summed E-state index contributed by atoms with van der Waals surface area (Å²) in [7, 11) is 0. The molecule has 0 rings (SSSR count). The van der Waals surface area contributed by atoms with Crippen LogP contribution in [0.3, 0.4) is 0 Å². The summed E-state index contributed by atoms with van der Waals surface area (Å²) >= 11 is 0. The maximum absolute atomic E-state index is 12.3. The number of hydrogen-bond acceptors (Lipinski definition) is 4. The van der Waals surface area contributed by atoms with E-state index in [9.17, 15) is 20.1 Å². The van der Waals surface area contributed by atoms with Gasteiger partial charge < -0.3 is 20.6 Å². The molecule has 4 N–H and O–H groups in total. The van der Waals surface area contributed by atoms with Crippen molar-refractivity contribution >= 4 is 5.91 Å². The second-order valence-electron chi connectivity index (χ2n) is 11.4. The largest absolute Gasteiger partial charge is 0.394 e. The first-order chi connectivity index (χ1) is 19.1. The summed E-state index contributed by atoms with van der Waals surface area (Å²) in [6.07, 6.45) is 33.3. The zero-order valence-corrected chi connectivity index (χ0v) is 25.8. The monoisotopic (exact) mass is 551 g/mol. The zero-order chi connectivity index (χ0) is 28.8. The van der Waals surface area contributed by atoms with Crippen LogP contribution >= 0.6 is 0 Å². The summed E-state index contributed by atoms with van der Waals surface area (Å²) in [5.74, 6) is -0.516. The maximum atomic E-state index is 12.3. The number of nitrogens with one attached hydrogen (secondary N) is 1. The zero-order valence-electron chi connectivity index (χ0n) is 25.8. The third-order valence-corrected chi connectivity index (χ3v) is 7.54. The van der Waals surface area contributed by atoms with E-state index in [0.717, 1.165) is 44.9 Å². The number of carbonyl (C=O) groups excluding carboxylic acids is 1. The van der Waals surface area contributed by atoms with Gasteiger partial charge in [-0.05, 0) is 44.9 Å². The number of amides is 1. The van der Waals surface area contributed by atoms with Gasteiger partial charge in [0.25, 0.3) is 0 Å². The van der Waals surface area contributed by atoms with Crippen molar-refractivity contribution in [2.45, 2.75) is 180 Å². The molecule has 0 bridgehead atoms. The lowest BCUT2D eigenvalue weighted by Gasteiger charge is -2.21.